The highest BCUT2D eigenvalue weighted by atomic mass is 35.5. The summed E-state index contributed by atoms with van der Waals surface area (Å²) in [5, 5.41) is 3.95. The van der Waals surface area contributed by atoms with Crippen LogP contribution in [0.4, 0.5) is 0 Å². The number of aromatic nitrogens is 1. The highest BCUT2D eigenvalue weighted by molar-refractivity contribution is 7.14. The van der Waals surface area contributed by atoms with Gasteiger partial charge in [0.1, 0.15) is 11.5 Å². The Morgan fingerprint density at radius 3 is 2.93 bits per heavy atom. The maximum Gasteiger partial charge on any atom is 0.279 e. The molecule has 1 amide bonds. The van der Waals surface area contributed by atoms with Gasteiger partial charge in [0.2, 0.25) is 5.91 Å². The predicted molar refractivity (Wildman–Crippen MR) is 122 cm³/mol. The number of ether oxygens (including phenoxy) is 2. The van der Waals surface area contributed by atoms with Crippen LogP contribution in [0, 0.1) is 5.92 Å². The Balaban J connectivity index is 1.49. The minimum Gasteiger partial charge on any atom is -0.493 e. The van der Waals surface area contributed by atoms with Gasteiger partial charge in [0, 0.05) is 31.3 Å². The molecule has 1 saturated carbocycles. The first-order valence-corrected chi connectivity index (χ1v) is 11.3. The van der Waals surface area contributed by atoms with Gasteiger partial charge in [0.25, 0.3) is 5.19 Å². The molecule has 0 spiro atoms. The van der Waals surface area contributed by atoms with Crippen molar-refractivity contribution in [1.82, 2.24) is 15.2 Å². The van der Waals surface area contributed by atoms with Crippen LogP contribution < -0.4 is 14.8 Å². The van der Waals surface area contributed by atoms with Crippen molar-refractivity contribution in [2.75, 3.05) is 27.2 Å². The van der Waals surface area contributed by atoms with E-state index in [1.165, 1.54) is 24.2 Å². The number of rotatable bonds is 11. The van der Waals surface area contributed by atoms with Gasteiger partial charge >= 0.3 is 0 Å². The topological polar surface area (TPSA) is 63.7 Å². The molecule has 8 heteroatoms. The van der Waals surface area contributed by atoms with E-state index in [1.807, 2.05) is 44.1 Å². The Kier molecular flexibility index (Phi) is 8.13. The SMILES string of the molecule is C[C@@H](C=Cc1cnc(Oc2ccc(OCC3CC3)cc2Cl)s1)NC(=O)CCN(C)C. The number of nitrogens with one attached hydrogen (secondary N) is 1. The van der Waals surface area contributed by atoms with Gasteiger partial charge in [-0.2, -0.15) is 0 Å². The first-order valence-electron chi connectivity index (χ1n) is 10.1. The van der Waals surface area contributed by atoms with Crippen molar-refractivity contribution in [2.24, 2.45) is 5.92 Å². The Hall–Kier alpha value is -2.09. The van der Waals surface area contributed by atoms with Gasteiger partial charge in [-0.1, -0.05) is 29.0 Å². The number of hydrogen-bond donors (Lipinski definition) is 1. The number of amides is 1. The maximum absolute atomic E-state index is 11.9. The first kappa shape index (κ1) is 22.6. The van der Waals surface area contributed by atoms with Crippen LogP contribution in [0.3, 0.4) is 0 Å². The lowest BCUT2D eigenvalue weighted by molar-refractivity contribution is -0.121. The minimum absolute atomic E-state index is 0.0355. The van der Waals surface area contributed by atoms with Crippen LogP contribution >= 0.6 is 22.9 Å². The Labute approximate surface area is 186 Å². The molecule has 0 bridgehead atoms. The third-order valence-electron chi connectivity index (χ3n) is 4.51. The monoisotopic (exact) mass is 449 g/mol. The summed E-state index contributed by atoms with van der Waals surface area (Å²) < 4.78 is 11.6. The number of thiazole rings is 1. The van der Waals surface area contributed by atoms with Crippen LogP contribution in [0.5, 0.6) is 16.7 Å². The Morgan fingerprint density at radius 2 is 2.23 bits per heavy atom. The summed E-state index contributed by atoms with van der Waals surface area (Å²) in [6.45, 7) is 3.41. The van der Waals surface area contributed by atoms with Crippen LogP contribution in [0.25, 0.3) is 6.08 Å². The highest BCUT2D eigenvalue weighted by Gasteiger charge is 2.22. The molecule has 1 heterocycles. The highest BCUT2D eigenvalue weighted by Crippen LogP contribution is 2.35. The molecule has 6 nitrogen and oxygen atoms in total. The molecule has 0 radical (unpaired) electrons. The molecular formula is C22H28ClN3O3S. The lowest BCUT2D eigenvalue weighted by atomic mass is 10.2. The fraction of sp³-hybridized carbons (Fsp3) is 0.455. The molecule has 3 rings (SSSR count). The second kappa shape index (κ2) is 10.8. The molecule has 162 valence electrons. The molecule has 1 aliphatic rings. The Morgan fingerprint density at radius 1 is 1.43 bits per heavy atom. The lowest BCUT2D eigenvalue weighted by Gasteiger charge is -2.12. The van der Waals surface area contributed by atoms with Crippen molar-refractivity contribution in [2.45, 2.75) is 32.2 Å². The number of carbonyl (C=O) groups is 1. The second-order valence-electron chi connectivity index (χ2n) is 7.75. The van der Waals surface area contributed by atoms with Crippen LogP contribution in [-0.2, 0) is 4.79 Å². The molecule has 1 aromatic heterocycles. The molecule has 0 saturated heterocycles. The molecule has 1 N–H and O–H groups in total. The van der Waals surface area contributed by atoms with E-state index in [-0.39, 0.29) is 11.9 Å². The summed E-state index contributed by atoms with van der Waals surface area (Å²) in [4.78, 5) is 19.1. The standard InChI is InChI=1S/C22H28ClN3O3S/c1-15(25-21(27)10-11-26(2)3)4-8-18-13-24-22(30-18)29-20-9-7-17(12-19(20)23)28-14-16-5-6-16/h4,7-9,12-13,15-16H,5-6,10-11,14H2,1-3H3,(H,25,27)/t15-/m0/s1. The lowest BCUT2D eigenvalue weighted by Crippen LogP contribution is -2.33. The smallest absolute Gasteiger partial charge is 0.279 e. The molecule has 1 atom stereocenters. The summed E-state index contributed by atoms with van der Waals surface area (Å²) in [6.07, 6.45) is 8.57. The third-order valence-corrected chi connectivity index (χ3v) is 5.65. The van der Waals surface area contributed by atoms with Crippen molar-refractivity contribution in [3.8, 4) is 16.7 Å². The maximum atomic E-state index is 11.9. The quantitative estimate of drug-likeness (QED) is 0.531. The van der Waals surface area contributed by atoms with Crippen molar-refractivity contribution in [3.63, 3.8) is 0 Å². The summed E-state index contributed by atoms with van der Waals surface area (Å²) in [6, 6.07) is 5.36. The number of benzene rings is 1. The van der Waals surface area contributed by atoms with Crippen LogP contribution in [0.15, 0.2) is 30.5 Å². The predicted octanol–water partition coefficient (Wildman–Crippen LogP) is 4.85. The van der Waals surface area contributed by atoms with Crippen molar-refractivity contribution < 1.29 is 14.3 Å². The molecule has 1 aromatic carbocycles. The summed E-state index contributed by atoms with van der Waals surface area (Å²) >= 11 is 7.74. The van der Waals surface area contributed by atoms with Crippen LogP contribution in [-0.4, -0.2) is 49.1 Å². The second-order valence-corrected chi connectivity index (χ2v) is 9.18. The summed E-state index contributed by atoms with van der Waals surface area (Å²) in [5.74, 6) is 2.02. The van der Waals surface area contributed by atoms with E-state index in [2.05, 4.69) is 10.3 Å². The summed E-state index contributed by atoms with van der Waals surface area (Å²) in [7, 11) is 3.90. The van der Waals surface area contributed by atoms with E-state index in [0.717, 1.165) is 23.8 Å². The third kappa shape index (κ3) is 7.63. The zero-order valence-electron chi connectivity index (χ0n) is 17.6. The average molecular weight is 450 g/mol. The van der Waals surface area contributed by atoms with Gasteiger partial charge in [-0.15, -0.1) is 0 Å². The zero-order valence-corrected chi connectivity index (χ0v) is 19.1. The fourth-order valence-electron chi connectivity index (χ4n) is 2.58. The van der Waals surface area contributed by atoms with Crippen molar-refractivity contribution >= 4 is 34.9 Å². The average Bonchev–Trinajstić information content (AvgIpc) is 3.43. The Bertz CT molecular complexity index is 880. The largest absolute Gasteiger partial charge is 0.493 e. The van der Waals surface area contributed by atoms with Gasteiger partial charge in [-0.05, 0) is 58.0 Å². The molecule has 30 heavy (non-hydrogen) atoms. The van der Waals surface area contributed by atoms with E-state index in [1.54, 1.807) is 18.3 Å². The normalized spacial score (nSPS) is 14.8. The van der Waals surface area contributed by atoms with Crippen molar-refractivity contribution in [3.05, 3.63) is 40.4 Å². The van der Waals surface area contributed by atoms with E-state index < -0.39 is 0 Å². The van der Waals surface area contributed by atoms with E-state index >= 15 is 0 Å². The number of halogens is 1. The first-order chi connectivity index (χ1) is 14.4. The summed E-state index contributed by atoms with van der Waals surface area (Å²) in [5.41, 5.74) is 0. The molecule has 1 aliphatic carbocycles. The molecule has 1 fully saturated rings. The zero-order chi connectivity index (χ0) is 21.5. The molecular weight excluding hydrogens is 422 g/mol. The van der Waals surface area contributed by atoms with Gasteiger partial charge in [-0.25, -0.2) is 4.98 Å². The molecule has 0 aliphatic heterocycles. The van der Waals surface area contributed by atoms with Crippen LogP contribution in [0.2, 0.25) is 5.02 Å². The van der Waals surface area contributed by atoms with E-state index in [0.29, 0.717) is 28.3 Å². The van der Waals surface area contributed by atoms with Gasteiger partial charge in [0.05, 0.1) is 16.5 Å². The van der Waals surface area contributed by atoms with Gasteiger partial charge in [0.15, 0.2) is 0 Å². The minimum atomic E-state index is -0.0660. The van der Waals surface area contributed by atoms with Gasteiger partial charge in [-0.3, -0.25) is 4.79 Å². The fourth-order valence-corrected chi connectivity index (χ4v) is 3.48. The van der Waals surface area contributed by atoms with E-state index in [9.17, 15) is 4.79 Å². The van der Waals surface area contributed by atoms with Crippen LogP contribution in [0.1, 0.15) is 31.1 Å². The van der Waals surface area contributed by atoms with Gasteiger partial charge < -0.3 is 19.7 Å². The van der Waals surface area contributed by atoms with E-state index in [4.69, 9.17) is 21.1 Å². The molecule has 2 aromatic rings. The number of nitrogens with zero attached hydrogens (tertiary/aromatic N) is 2. The number of carbonyl (C=O) groups excluding carboxylic acids is 1. The number of hydrogen-bond acceptors (Lipinski definition) is 6. The molecule has 0 unspecified atom stereocenters. The van der Waals surface area contributed by atoms with Crippen molar-refractivity contribution in [1.29, 1.82) is 0 Å².